The van der Waals surface area contributed by atoms with Crippen LogP contribution in [0.5, 0.6) is 0 Å². The zero-order valence-corrected chi connectivity index (χ0v) is 5.98. The highest BCUT2D eigenvalue weighted by molar-refractivity contribution is 6.11. The van der Waals surface area contributed by atoms with E-state index >= 15 is 0 Å². The van der Waals surface area contributed by atoms with Gasteiger partial charge in [0.25, 0.3) is 0 Å². The van der Waals surface area contributed by atoms with Crippen molar-refractivity contribution in [1.29, 1.82) is 0 Å². The lowest BCUT2D eigenvalue weighted by atomic mass is 9.80. The maximum atomic E-state index is 5.69. The lowest BCUT2D eigenvalue weighted by Crippen LogP contribution is -1.89. The highest BCUT2D eigenvalue weighted by Crippen LogP contribution is 2.14. The molecule has 0 aliphatic heterocycles. The summed E-state index contributed by atoms with van der Waals surface area (Å²) in [5.74, 6) is 0.463. The van der Waals surface area contributed by atoms with Crippen LogP contribution in [0.15, 0.2) is 0 Å². The Hall–Kier alpha value is 0.0649. The third kappa shape index (κ3) is 4.23. The van der Waals surface area contributed by atoms with E-state index in [1.165, 1.54) is 25.7 Å². The van der Waals surface area contributed by atoms with Gasteiger partial charge in [0.1, 0.15) is 0 Å². The van der Waals surface area contributed by atoms with Gasteiger partial charge in [-0.2, -0.15) is 0 Å². The molecule has 0 saturated carbocycles. The molecule has 0 bridgehead atoms. The van der Waals surface area contributed by atoms with Gasteiger partial charge in [0.05, 0.1) is 7.85 Å². The third-order valence-corrected chi connectivity index (χ3v) is 1.32. The number of rotatable bonds is 4. The van der Waals surface area contributed by atoms with Crippen molar-refractivity contribution >= 4 is 7.85 Å². The van der Waals surface area contributed by atoms with E-state index in [4.69, 9.17) is 7.85 Å². The van der Waals surface area contributed by atoms with E-state index in [2.05, 4.69) is 13.8 Å². The molecular formula is C7H15B. The molecule has 0 unspecified atom stereocenters. The highest BCUT2D eigenvalue weighted by Gasteiger charge is 1.95. The summed E-state index contributed by atoms with van der Waals surface area (Å²) in [4.78, 5) is 0. The predicted octanol–water partition coefficient (Wildman–Crippen LogP) is 2.54. The molecule has 0 aromatic rings. The Morgan fingerprint density at radius 2 is 1.50 bits per heavy atom. The van der Waals surface area contributed by atoms with Crippen LogP contribution in [0.2, 0.25) is 5.82 Å². The van der Waals surface area contributed by atoms with Gasteiger partial charge in [-0.15, -0.1) is 0 Å². The minimum atomic E-state index is 0.463. The van der Waals surface area contributed by atoms with Crippen molar-refractivity contribution in [2.75, 3.05) is 0 Å². The van der Waals surface area contributed by atoms with Crippen LogP contribution in [-0.2, 0) is 0 Å². The van der Waals surface area contributed by atoms with Crippen LogP contribution in [0.4, 0.5) is 0 Å². The zero-order chi connectivity index (χ0) is 6.41. The summed E-state index contributed by atoms with van der Waals surface area (Å²) in [7, 11) is 5.69. The predicted molar refractivity (Wildman–Crippen MR) is 39.3 cm³/mol. The van der Waals surface area contributed by atoms with Crippen LogP contribution in [0.25, 0.3) is 0 Å². The second-order valence-corrected chi connectivity index (χ2v) is 2.34. The van der Waals surface area contributed by atoms with Crippen molar-refractivity contribution in [1.82, 2.24) is 0 Å². The normalized spacial score (nSPS) is 10.4. The van der Waals surface area contributed by atoms with Crippen molar-refractivity contribution in [3.8, 4) is 0 Å². The smallest absolute Gasteiger partial charge is 0.0699 e. The van der Waals surface area contributed by atoms with Gasteiger partial charge in [0, 0.05) is 0 Å². The minimum Gasteiger partial charge on any atom is -0.0774 e. The van der Waals surface area contributed by atoms with Crippen molar-refractivity contribution < 1.29 is 0 Å². The molecule has 46 valence electrons. The first-order chi connectivity index (χ1) is 3.81. The molecule has 0 fully saturated rings. The topological polar surface area (TPSA) is 0 Å². The fraction of sp³-hybridized carbons (Fsp3) is 1.00. The highest BCUT2D eigenvalue weighted by atomic mass is 14.0. The Labute approximate surface area is 54.1 Å². The van der Waals surface area contributed by atoms with E-state index in [9.17, 15) is 0 Å². The van der Waals surface area contributed by atoms with Crippen LogP contribution in [0, 0.1) is 0 Å². The first-order valence-corrected chi connectivity index (χ1v) is 3.56. The van der Waals surface area contributed by atoms with E-state index in [1.807, 2.05) is 0 Å². The van der Waals surface area contributed by atoms with Gasteiger partial charge >= 0.3 is 0 Å². The SMILES string of the molecule is [B]C(CCC)CCC. The van der Waals surface area contributed by atoms with Crippen molar-refractivity contribution in [3.05, 3.63) is 0 Å². The Morgan fingerprint density at radius 3 is 1.75 bits per heavy atom. The van der Waals surface area contributed by atoms with E-state index < -0.39 is 0 Å². The maximum Gasteiger partial charge on any atom is 0.0699 e. The Kier molecular flexibility index (Phi) is 5.25. The molecule has 0 aromatic carbocycles. The van der Waals surface area contributed by atoms with Gasteiger partial charge in [-0.1, -0.05) is 45.3 Å². The fourth-order valence-corrected chi connectivity index (χ4v) is 0.886. The van der Waals surface area contributed by atoms with Gasteiger partial charge in [0.2, 0.25) is 0 Å². The lowest BCUT2D eigenvalue weighted by molar-refractivity contribution is 0.655. The summed E-state index contributed by atoms with van der Waals surface area (Å²) in [6.45, 7) is 4.35. The molecular weight excluding hydrogens is 94.9 g/mol. The first kappa shape index (κ1) is 8.06. The van der Waals surface area contributed by atoms with Crippen molar-refractivity contribution in [2.45, 2.75) is 45.3 Å². The molecule has 0 heterocycles. The quantitative estimate of drug-likeness (QED) is 0.488. The summed E-state index contributed by atoms with van der Waals surface area (Å²) in [5.41, 5.74) is 0. The summed E-state index contributed by atoms with van der Waals surface area (Å²) < 4.78 is 0. The molecule has 0 rings (SSSR count). The van der Waals surface area contributed by atoms with E-state index in [0.29, 0.717) is 5.82 Å². The van der Waals surface area contributed by atoms with Crippen molar-refractivity contribution in [2.24, 2.45) is 0 Å². The summed E-state index contributed by atoms with van der Waals surface area (Å²) in [5, 5.41) is 0. The van der Waals surface area contributed by atoms with Crippen LogP contribution >= 0.6 is 0 Å². The molecule has 2 radical (unpaired) electrons. The molecule has 0 aliphatic carbocycles. The van der Waals surface area contributed by atoms with Crippen LogP contribution < -0.4 is 0 Å². The van der Waals surface area contributed by atoms with Gasteiger partial charge in [-0.3, -0.25) is 0 Å². The first-order valence-electron chi connectivity index (χ1n) is 3.56. The van der Waals surface area contributed by atoms with Gasteiger partial charge < -0.3 is 0 Å². The van der Waals surface area contributed by atoms with E-state index in [1.54, 1.807) is 0 Å². The van der Waals surface area contributed by atoms with E-state index in [0.717, 1.165) is 0 Å². The molecule has 0 saturated heterocycles. The van der Waals surface area contributed by atoms with E-state index in [-0.39, 0.29) is 0 Å². The molecule has 8 heavy (non-hydrogen) atoms. The number of hydrogen-bond acceptors (Lipinski definition) is 0. The summed E-state index contributed by atoms with van der Waals surface area (Å²) >= 11 is 0. The fourth-order valence-electron chi connectivity index (χ4n) is 0.886. The molecule has 0 amide bonds. The van der Waals surface area contributed by atoms with Crippen LogP contribution in [0.3, 0.4) is 0 Å². The largest absolute Gasteiger partial charge is 0.0774 e. The Bertz CT molecular complexity index is 37.7. The minimum absolute atomic E-state index is 0.463. The molecule has 0 nitrogen and oxygen atoms in total. The third-order valence-electron chi connectivity index (χ3n) is 1.32. The average Bonchev–Trinajstić information content (AvgIpc) is 1.68. The zero-order valence-electron chi connectivity index (χ0n) is 5.98. The van der Waals surface area contributed by atoms with Gasteiger partial charge in [-0.05, 0) is 0 Å². The molecule has 0 atom stereocenters. The Morgan fingerprint density at radius 1 is 1.12 bits per heavy atom. The van der Waals surface area contributed by atoms with Crippen LogP contribution in [-0.4, -0.2) is 7.85 Å². The molecule has 0 spiro atoms. The lowest BCUT2D eigenvalue weighted by Gasteiger charge is -2.05. The second-order valence-electron chi connectivity index (χ2n) is 2.34. The summed E-state index contributed by atoms with van der Waals surface area (Å²) in [6, 6.07) is 0. The van der Waals surface area contributed by atoms with Crippen molar-refractivity contribution in [3.63, 3.8) is 0 Å². The molecule has 0 N–H and O–H groups in total. The average molecular weight is 110 g/mol. The number of hydrogen-bond donors (Lipinski definition) is 0. The van der Waals surface area contributed by atoms with Gasteiger partial charge in [0.15, 0.2) is 0 Å². The second kappa shape index (κ2) is 5.21. The molecule has 0 aliphatic rings. The molecule has 1 heteroatoms. The van der Waals surface area contributed by atoms with Gasteiger partial charge in [-0.25, -0.2) is 0 Å². The Balaban J connectivity index is 2.92. The summed E-state index contributed by atoms with van der Waals surface area (Å²) in [6.07, 6.45) is 4.82. The molecule has 0 aromatic heterocycles. The van der Waals surface area contributed by atoms with Crippen LogP contribution in [0.1, 0.15) is 39.5 Å². The standard InChI is InChI=1S/C7H15B/c1-3-5-7(8)6-4-2/h7H,3-6H2,1-2H3. The monoisotopic (exact) mass is 110 g/mol. The maximum absolute atomic E-state index is 5.69.